The van der Waals surface area contributed by atoms with Crippen LogP contribution in [0.2, 0.25) is 0 Å². The van der Waals surface area contributed by atoms with E-state index in [0.29, 0.717) is 12.5 Å². The number of nitrogens with two attached hydrogens (primary N) is 1. The molecule has 1 aliphatic rings. The summed E-state index contributed by atoms with van der Waals surface area (Å²) in [5, 5.41) is 7.84. The molecule has 4 rings (SSSR count). The van der Waals surface area contributed by atoms with Crippen molar-refractivity contribution in [2.45, 2.75) is 32.2 Å². The van der Waals surface area contributed by atoms with Crippen LogP contribution >= 0.6 is 24.0 Å². The van der Waals surface area contributed by atoms with Crippen LogP contribution in [0.1, 0.15) is 29.7 Å². The van der Waals surface area contributed by atoms with Gasteiger partial charge in [-0.15, -0.1) is 24.0 Å². The van der Waals surface area contributed by atoms with E-state index in [9.17, 15) is 0 Å². The molecule has 0 aliphatic heterocycles. The Bertz CT molecular complexity index is 981. The SMILES string of the molecule is COc1ccc(-n2ccc(CN=C(N)Nc3cccc4c3CCCC4)n2)cc1.I. The lowest BCUT2D eigenvalue weighted by Crippen LogP contribution is -2.24. The van der Waals surface area contributed by atoms with Crippen LogP contribution in [-0.2, 0) is 19.4 Å². The Hall–Kier alpha value is -2.55. The second-order valence-electron chi connectivity index (χ2n) is 6.93. The zero-order valence-electron chi connectivity index (χ0n) is 16.5. The summed E-state index contributed by atoms with van der Waals surface area (Å²) < 4.78 is 7.01. The quantitative estimate of drug-likeness (QED) is 0.309. The number of fused-ring (bicyclic) bond motifs is 1. The van der Waals surface area contributed by atoms with Crippen LogP contribution in [-0.4, -0.2) is 22.8 Å². The second kappa shape index (κ2) is 9.78. The van der Waals surface area contributed by atoms with Crippen molar-refractivity contribution in [3.05, 3.63) is 71.5 Å². The average Bonchev–Trinajstić information content (AvgIpc) is 3.22. The van der Waals surface area contributed by atoms with Gasteiger partial charge in [0.05, 0.1) is 25.0 Å². The third-order valence-corrected chi connectivity index (χ3v) is 5.05. The number of nitrogens with zero attached hydrogens (tertiary/aromatic N) is 3. The number of aryl methyl sites for hydroxylation is 1. The molecule has 3 aromatic rings. The molecule has 152 valence electrons. The number of hydrogen-bond acceptors (Lipinski definition) is 3. The topological polar surface area (TPSA) is 77.5 Å². The number of nitrogens with one attached hydrogen (secondary N) is 1. The molecule has 0 radical (unpaired) electrons. The maximum Gasteiger partial charge on any atom is 0.193 e. The number of benzene rings is 2. The van der Waals surface area contributed by atoms with Gasteiger partial charge in [0, 0.05) is 11.9 Å². The maximum atomic E-state index is 6.13. The highest BCUT2D eigenvalue weighted by Crippen LogP contribution is 2.27. The smallest absolute Gasteiger partial charge is 0.193 e. The average molecular weight is 503 g/mol. The van der Waals surface area contributed by atoms with Crippen molar-refractivity contribution in [1.82, 2.24) is 9.78 Å². The fourth-order valence-electron chi connectivity index (χ4n) is 3.57. The molecule has 0 spiro atoms. The number of anilines is 1. The number of hydrogen-bond donors (Lipinski definition) is 2. The number of rotatable bonds is 5. The largest absolute Gasteiger partial charge is 0.497 e. The molecule has 2 aromatic carbocycles. The standard InChI is InChI=1S/C22H25N5O.HI/c1-28-19-11-9-18(10-12-19)27-14-13-17(26-27)15-24-22(23)25-21-8-4-6-16-5-2-3-7-20(16)21;/h4,6,8-14H,2-3,5,7,15H2,1H3,(H3,23,24,25);1H. The first kappa shape index (κ1) is 21.2. The molecule has 0 saturated carbocycles. The van der Waals surface area contributed by atoms with Gasteiger partial charge in [-0.2, -0.15) is 5.10 Å². The molecular formula is C22H26IN5O. The lowest BCUT2D eigenvalue weighted by atomic mass is 9.90. The Morgan fingerprint density at radius 1 is 1.14 bits per heavy atom. The molecule has 3 N–H and O–H groups in total. The van der Waals surface area contributed by atoms with Crippen LogP contribution in [0.3, 0.4) is 0 Å². The first-order valence-electron chi connectivity index (χ1n) is 9.59. The number of halogens is 1. The van der Waals surface area contributed by atoms with Crippen LogP contribution in [0, 0.1) is 0 Å². The van der Waals surface area contributed by atoms with E-state index in [0.717, 1.165) is 35.7 Å². The van der Waals surface area contributed by atoms with E-state index < -0.39 is 0 Å². The number of ether oxygens (including phenoxy) is 1. The first-order chi connectivity index (χ1) is 13.7. The molecule has 0 fully saturated rings. The van der Waals surface area contributed by atoms with E-state index in [4.69, 9.17) is 10.5 Å². The third-order valence-electron chi connectivity index (χ3n) is 5.05. The van der Waals surface area contributed by atoms with Gasteiger partial charge < -0.3 is 15.8 Å². The van der Waals surface area contributed by atoms with E-state index in [2.05, 4.69) is 33.6 Å². The third kappa shape index (κ3) is 5.09. The molecule has 7 heteroatoms. The minimum absolute atomic E-state index is 0. The summed E-state index contributed by atoms with van der Waals surface area (Å²) in [7, 11) is 1.66. The van der Waals surface area contributed by atoms with Crippen LogP contribution in [0.4, 0.5) is 5.69 Å². The Kier molecular flexibility index (Phi) is 7.13. The highest BCUT2D eigenvalue weighted by molar-refractivity contribution is 14.0. The van der Waals surface area contributed by atoms with Gasteiger partial charge in [-0.25, -0.2) is 9.67 Å². The maximum absolute atomic E-state index is 6.13. The molecule has 0 unspecified atom stereocenters. The van der Waals surface area contributed by atoms with Gasteiger partial charge in [0.2, 0.25) is 0 Å². The molecule has 1 aromatic heterocycles. The summed E-state index contributed by atoms with van der Waals surface area (Å²) in [6, 6.07) is 16.1. The molecular weight excluding hydrogens is 477 g/mol. The van der Waals surface area contributed by atoms with Crippen molar-refractivity contribution in [1.29, 1.82) is 0 Å². The Balaban J connectivity index is 0.00000240. The number of guanidine groups is 1. The van der Waals surface area contributed by atoms with Crippen molar-refractivity contribution in [3.63, 3.8) is 0 Å². The summed E-state index contributed by atoms with van der Waals surface area (Å²) in [5.41, 5.74) is 11.8. The minimum atomic E-state index is 0. The highest BCUT2D eigenvalue weighted by atomic mass is 127. The minimum Gasteiger partial charge on any atom is -0.497 e. The zero-order chi connectivity index (χ0) is 19.3. The van der Waals surface area contributed by atoms with Crippen molar-refractivity contribution in [3.8, 4) is 11.4 Å². The van der Waals surface area contributed by atoms with Crippen molar-refractivity contribution in [2.75, 3.05) is 12.4 Å². The molecule has 1 aliphatic carbocycles. The van der Waals surface area contributed by atoms with E-state index in [1.54, 1.807) is 7.11 Å². The number of aliphatic imine (C=N–C) groups is 1. The summed E-state index contributed by atoms with van der Waals surface area (Å²) in [4.78, 5) is 4.46. The van der Waals surface area contributed by atoms with E-state index >= 15 is 0 Å². The van der Waals surface area contributed by atoms with Gasteiger partial charge >= 0.3 is 0 Å². The van der Waals surface area contributed by atoms with Gasteiger partial charge in [0.1, 0.15) is 5.75 Å². The highest BCUT2D eigenvalue weighted by Gasteiger charge is 2.13. The molecule has 29 heavy (non-hydrogen) atoms. The number of methoxy groups -OCH3 is 1. The number of aromatic nitrogens is 2. The van der Waals surface area contributed by atoms with Crippen LogP contribution < -0.4 is 15.8 Å². The van der Waals surface area contributed by atoms with E-state index in [1.807, 2.05) is 41.2 Å². The summed E-state index contributed by atoms with van der Waals surface area (Å²) in [6.45, 7) is 0.428. The van der Waals surface area contributed by atoms with Gasteiger partial charge in [-0.1, -0.05) is 12.1 Å². The molecule has 0 atom stereocenters. The van der Waals surface area contributed by atoms with Crippen LogP contribution in [0.15, 0.2) is 59.7 Å². The Labute approximate surface area is 188 Å². The normalized spacial score (nSPS) is 13.3. The molecule has 0 amide bonds. The first-order valence-corrected chi connectivity index (χ1v) is 9.59. The lowest BCUT2D eigenvalue weighted by molar-refractivity contribution is 0.414. The van der Waals surface area contributed by atoms with Gasteiger partial charge in [-0.05, 0) is 73.2 Å². The predicted molar refractivity (Wildman–Crippen MR) is 128 cm³/mol. The van der Waals surface area contributed by atoms with Crippen molar-refractivity contribution in [2.24, 2.45) is 10.7 Å². The van der Waals surface area contributed by atoms with Crippen LogP contribution in [0.25, 0.3) is 5.69 Å². The van der Waals surface area contributed by atoms with E-state index in [1.165, 1.54) is 24.0 Å². The lowest BCUT2D eigenvalue weighted by Gasteiger charge is -2.19. The Morgan fingerprint density at radius 2 is 1.93 bits per heavy atom. The monoisotopic (exact) mass is 503 g/mol. The van der Waals surface area contributed by atoms with Gasteiger partial charge in [0.25, 0.3) is 0 Å². The van der Waals surface area contributed by atoms with Crippen molar-refractivity contribution < 1.29 is 4.74 Å². The second-order valence-corrected chi connectivity index (χ2v) is 6.93. The molecule has 6 nitrogen and oxygen atoms in total. The fourth-order valence-corrected chi connectivity index (χ4v) is 3.57. The molecule has 1 heterocycles. The molecule has 0 saturated heterocycles. The summed E-state index contributed by atoms with van der Waals surface area (Å²) in [6.07, 6.45) is 6.65. The van der Waals surface area contributed by atoms with Crippen molar-refractivity contribution >= 4 is 35.6 Å². The fraction of sp³-hybridized carbons (Fsp3) is 0.273. The van der Waals surface area contributed by atoms with E-state index in [-0.39, 0.29) is 24.0 Å². The van der Waals surface area contributed by atoms with Crippen LogP contribution in [0.5, 0.6) is 5.75 Å². The zero-order valence-corrected chi connectivity index (χ0v) is 18.8. The Morgan fingerprint density at radius 3 is 2.72 bits per heavy atom. The van der Waals surface area contributed by atoms with Gasteiger partial charge in [0.15, 0.2) is 5.96 Å². The summed E-state index contributed by atoms with van der Waals surface area (Å²) in [5.74, 6) is 1.24. The molecule has 0 bridgehead atoms. The summed E-state index contributed by atoms with van der Waals surface area (Å²) >= 11 is 0. The predicted octanol–water partition coefficient (Wildman–Crippen LogP) is 4.30. The van der Waals surface area contributed by atoms with Gasteiger partial charge in [-0.3, -0.25) is 0 Å².